The first-order valence-corrected chi connectivity index (χ1v) is 9.00. The van der Waals surface area contributed by atoms with Gasteiger partial charge >= 0.3 is 5.97 Å². The van der Waals surface area contributed by atoms with Crippen LogP contribution in [0.25, 0.3) is 6.08 Å². The molecule has 0 bridgehead atoms. The predicted molar refractivity (Wildman–Crippen MR) is 111 cm³/mol. The molecule has 2 aromatic carbocycles. The van der Waals surface area contributed by atoms with Crippen molar-refractivity contribution in [3.63, 3.8) is 0 Å². The molecular weight excluding hydrogens is 398 g/mol. The number of carbonyl (C=O) groups is 2. The second-order valence-electron chi connectivity index (χ2n) is 5.90. The highest BCUT2D eigenvalue weighted by Gasteiger charge is 2.17. The van der Waals surface area contributed by atoms with E-state index in [1.54, 1.807) is 42.5 Å². The maximum atomic E-state index is 12.2. The standard InChI is InChI=1S/C21H22ClNO6/c1-13(21(25)23-15-6-7-19(28-4)18(22)11-15)29-20(24)8-5-14-9-16(26-2)12-17(10-14)27-3/h5-13H,1-4H3,(H,23,25)/b8-5+/t13-/m1/s1. The number of methoxy groups -OCH3 is 3. The molecule has 0 saturated carbocycles. The molecule has 0 heterocycles. The van der Waals surface area contributed by atoms with Gasteiger partial charge in [0.05, 0.1) is 26.4 Å². The molecule has 0 spiro atoms. The number of hydrogen-bond acceptors (Lipinski definition) is 6. The Kier molecular flexibility index (Phi) is 7.91. The lowest BCUT2D eigenvalue weighted by Gasteiger charge is -2.13. The summed E-state index contributed by atoms with van der Waals surface area (Å²) < 4.78 is 20.6. The number of anilines is 1. The molecule has 0 aliphatic rings. The van der Waals surface area contributed by atoms with E-state index >= 15 is 0 Å². The largest absolute Gasteiger partial charge is 0.497 e. The Morgan fingerprint density at radius 1 is 1.00 bits per heavy atom. The molecule has 0 aliphatic carbocycles. The Morgan fingerprint density at radius 3 is 2.21 bits per heavy atom. The summed E-state index contributed by atoms with van der Waals surface area (Å²) in [6, 6.07) is 9.98. The molecular formula is C21H22ClNO6. The zero-order valence-corrected chi connectivity index (χ0v) is 17.3. The zero-order chi connectivity index (χ0) is 21.4. The maximum Gasteiger partial charge on any atom is 0.331 e. The molecule has 0 aliphatic heterocycles. The van der Waals surface area contributed by atoms with Crippen LogP contribution in [-0.4, -0.2) is 39.3 Å². The van der Waals surface area contributed by atoms with E-state index < -0.39 is 18.0 Å². The number of rotatable bonds is 8. The third kappa shape index (κ3) is 6.43. The van der Waals surface area contributed by atoms with Crippen molar-refractivity contribution in [2.45, 2.75) is 13.0 Å². The molecule has 8 heteroatoms. The van der Waals surface area contributed by atoms with Crippen molar-refractivity contribution in [2.75, 3.05) is 26.6 Å². The number of carbonyl (C=O) groups excluding carboxylic acids is 2. The van der Waals surface area contributed by atoms with Crippen LogP contribution in [0.5, 0.6) is 17.2 Å². The predicted octanol–water partition coefficient (Wildman–Crippen LogP) is 3.95. The van der Waals surface area contributed by atoms with Crippen molar-refractivity contribution in [2.24, 2.45) is 0 Å². The third-order valence-corrected chi connectivity index (χ3v) is 4.16. The summed E-state index contributed by atoms with van der Waals surface area (Å²) in [5.41, 5.74) is 1.14. The van der Waals surface area contributed by atoms with Crippen LogP contribution in [0.4, 0.5) is 5.69 Å². The van der Waals surface area contributed by atoms with E-state index in [0.29, 0.717) is 33.5 Å². The smallest absolute Gasteiger partial charge is 0.331 e. The fraction of sp³-hybridized carbons (Fsp3) is 0.238. The van der Waals surface area contributed by atoms with Crippen LogP contribution < -0.4 is 19.5 Å². The Hall–Kier alpha value is -3.19. The average Bonchev–Trinajstić information content (AvgIpc) is 2.72. The Labute approximate surface area is 174 Å². The lowest BCUT2D eigenvalue weighted by atomic mass is 10.2. The van der Waals surface area contributed by atoms with Crippen LogP contribution in [0.2, 0.25) is 5.02 Å². The van der Waals surface area contributed by atoms with Gasteiger partial charge in [-0.05, 0) is 48.9 Å². The van der Waals surface area contributed by atoms with Crippen molar-refractivity contribution in [3.8, 4) is 17.2 Å². The Bertz CT molecular complexity index is 890. The molecule has 2 aromatic rings. The molecule has 7 nitrogen and oxygen atoms in total. The van der Waals surface area contributed by atoms with Crippen molar-refractivity contribution in [1.82, 2.24) is 0 Å². The van der Waals surface area contributed by atoms with Crippen LogP contribution in [0.1, 0.15) is 12.5 Å². The van der Waals surface area contributed by atoms with Gasteiger partial charge < -0.3 is 24.3 Å². The number of benzene rings is 2. The van der Waals surface area contributed by atoms with Gasteiger partial charge in [0.15, 0.2) is 6.10 Å². The third-order valence-electron chi connectivity index (χ3n) is 3.87. The summed E-state index contributed by atoms with van der Waals surface area (Å²) in [5, 5.41) is 2.98. The van der Waals surface area contributed by atoms with E-state index in [-0.39, 0.29) is 0 Å². The van der Waals surface area contributed by atoms with Gasteiger partial charge in [-0.3, -0.25) is 4.79 Å². The molecule has 0 fully saturated rings. The van der Waals surface area contributed by atoms with Gasteiger partial charge in [-0.15, -0.1) is 0 Å². The molecule has 154 valence electrons. The van der Waals surface area contributed by atoms with Crippen LogP contribution in [0.3, 0.4) is 0 Å². The Morgan fingerprint density at radius 2 is 1.66 bits per heavy atom. The van der Waals surface area contributed by atoms with Gasteiger partial charge in [0.25, 0.3) is 5.91 Å². The van der Waals surface area contributed by atoms with Gasteiger partial charge in [-0.25, -0.2) is 4.79 Å². The molecule has 0 unspecified atom stereocenters. The minimum absolute atomic E-state index is 0.353. The van der Waals surface area contributed by atoms with Crippen molar-refractivity contribution in [1.29, 1.82) is 0 Å². The fourth-order valence-electron chi connectivity index (χ4n) is 2.34. The first-order chi connectivity index (χ1) is 13.9. The number of halogens is 1. The molecule has 1 amide bonds. The second kappa shape index (κ2) is 10.4. The van der Waals surface area contributed by atoms with Crippen molar-refractivity contribution in [3.05, 3.63) is 53.1 Å². The van der Waals surface area contributed by atoms with Crippen molar-refractivity contribution >= 4 is 35.2 Å². The van der Waals surface area contributed by atoms with E-state index in [1.807, 2.05) is 0 Å². The highest BCUT2D eigenvalue weighted by molar-refractivity contribution is 6.32. The molecule has 1 N–H and O–H groups in total. The normalized spacial score (nSPS) is 11.6. The summed E-state index contributed by atoms with van der Waals surface area (Å²) in [7, 11) is 4.57. The average molecular weight is 420 g/mol. The number of esters is 1. The van der Waals surface area contributed by atoms with Gasteiger partial charge in [0, 0.05) is 17.8 Å². The van der Waals surface area contributed by atoms with E-state index in [0.717, 1.165) is 0 Å². The molecule has 0 aromatic heterocycles. The minimum atomic E-state index is -1.01. The first kappa shape index (κ1) is 22.1. The van der Waals surface area contributed by atoms with E-state index in [2.05, 4.69) is 5.32 Å². The van der Waals surface area contributed by atoms with Crippen molar-refractivity contribution < 1.29 is 28.5 Å². The molecule has 0 radical (unpaired) electrons. The highest BCUT2D eigenvalue weighted by Crippen LogP contribution is 2.27. The summed E-state index contributed by atoms with van der Waals surface area (Å²) in [6.45, 7) is 1.47. The molecule has 29 heavy (non-hydrogen) atoms. The number of amides is 1. The molecule has 1 atom stereocenters. The molecule has 0 saturated heterocycles. The van der Waals surface area contributed by atoms with E-state index in [1.165, 1.54) is 34.3 Å². The fourth-order valence-corrected chi connectivity index (χ4v) is 2.60. The quantitative estimate of drug-likeness (QED) is 0.515. The SMILES string of the molecule is COc1cc(/C=C/C(=O)O[C@H](C)C(=O)Nc2ccc(OC)c(Cl)c2)cc(OC)c1. The topological polar surface area (TPSA) is 83.1 Å². The summed E-state index contributed by atoms with van der Waals surface area (Å²) >= 11 is 6.03. The van der Waals surface area contributed by atoms with E-state index in [9.17, 15) is 9.59 Å². The van der Waals surface area contributed by atoms with Crippen LogP contribution in [0, 0.1) is 0 Å². The number of hydrogen-bond donors (Lipinski definition) is 1. The van der Waals surface area contributed by atoms with E-state index in [4.69, 9.17) is 30.5 Å². The molecule has 2 rings (SSSR count). The lowest BCUT2D eigenvalue weighted by Crippen LogP contribution is -2.29. The zero-order valence-electron chi connectivity index (χ0n) is 16.5. The summed E-state index contributed by atoms with van der Waals surface area (Å²) in [5.74, 6) is 0.508. The van der Waals surface area contributed by atoms with Gasteiger partial charge in [-0.2, -0.15) is 0 Å². The number of nitrogens with one attached hydrogen (secondary N) is 1. The highest BCUT2D eigenvalue weighted by atomic mass is 35.5. The van der Waals surface area contributed by atoms with Gasteiger partial charge in [0.2, 0.25) is 0 Å². The van der Waals surface area contributed by atoms with Crippen LogP contribution in [-0.2, 0) is 14.3 Å². The summed E-state index contributed by atoms with van der Waals surface area (Å²) in [4.78, 5) is 24.3. The van der Waals surface area contributed by atoms with Crippen LogP contribution >= 0.6 is 11.6 Å². The lowest BCUT2D eigenvalue weighted by molar-refractivity contribution is -0.148. The summed E-state index contributed by atoms with van der Waals surface area (Å²) in [6.07, 6.45) is 1.76. The van der Waals surface area contributed by atoms with Gasteiger partial charge in [0.1, 0.15) is 17.2 Å². The maximum absolute atomic E-state index is 12.2. The Balaban J connectivity index is 1.96. The first-order valence-electron chi connectivity index (χ1n) is 8.62. The van der Waals surface area contributed by atoms with Gasteiger partial charge in [-0.1, -0.05) is 11.6 Å². The van der Waals surface area contributed by atoms with Crippen LogP contribution in [0.15, 0.2) is 42.5 Å². The minimum Gasteiger partial charge on any atom is -0.497 e. The number of ether oxygens (including phenoxy) is 4. The monoisotopic (exact) mass is 419 g/mol. The second-order valence-corrected chi connectivity index (χ2v) is 6.30.